The fraction of sp³-hybridized carbons (Fsp3) is 0.857. The van der Waals surface area contributed by atoms with Crippen molar-refractivity contribution in [1.82, 2.24) is 5.32 Å². The van der Waals surface area contributed by atoms with Gasteiger partial charge in [-0.15, -0.1) is 0 Å². The van der Waals surface area contributed by atoms with Crippen molar-refractivity contribution in [3.8, 4) is 0 Å². The van der Waals surface area contributed by atoms with E-state index in [2.05, 4.69) is 5.32 Å². The number of carbonyl (C=O) groups excluding carboxylic acids is 1. The summed E-state index contributed by atoms with van der Waals surface area (Å²) in [6.45, 7) is 2.12. The zero-order chi connectivity index (χ0) is 8.69. The highest BCUT2D eigenvalue weighted by molar-refractivity contribution is 5.75. The molecule has 0 spiro atoms. The molecule has 0 unspecified atom stereocenters. The lowest BCUT2D eigenvalue weighted by atomic mass is 10.2. The van der Waals surface area contributed by atoms with Gasteiger partial charge >= 0.3 is 5.97 Å². The van der Waals surface area contributed by atoms with Crippen molar-refractivity contribution in [2.75, 3.05) is 20.3 Å². The van der Waals surface area contributed by atoms with E-state index in [1.165, 1.54) is 0 Å². The zero-order valence-corrected chi connectivity index (χ0v) is 6.96. The molecule has 0 aliphatic carbocycles. The Balaban J connectivity index is 3.71. The van der Waals surface area contributed by atoms with Crippen LogP contribution in [0.4, 0.5) is 0 Å². The van der Waals surface area contributed by atoms with Crippen molar-refractivity contribution in [3.63, 3.8) is 0 Å². The first kappa shape index (κ1) is 10.4. The minimum Gasteiger partial charge on any atom is -0.465 e. The molecule has 0 heterocycles. The van der Waals surface area contributed by atoms with Gasteiger partial charge in [-0.25, -0.2) is 0 Å². The first-order chi connectivity index (χ1) is 5.26. The molecule has 0 aromatic heterocycles. The van der Waals surface area contributed by atoms with Crippen molar-refractivity contribution >= 4 is 5.97 Å². The average molecular weight is 161 g/mol. The SMILES string of the molecule is CCOC(=O)[C@@H](CCO)NC. The van der Waals surface area contributed by atoms with E-state index in [9.17, 15) is 4.79 Å². The van der Waals surface area contributed by atoms with E-state index in [1.807, 2.05) is 0 Å². The number of esters is 1. The van der Waals surface area contributed by atoms with Crippen LogP contribution in [0.5, 0.6) is 0 Å². The first-order valence-corrected chi connectivity index (χ1v) is 3.71. The van der Waals surface area contributed by atoms with E-state index < -0.39 is 0 Å². The minimum absolute atomic E-state index is 0.00960. The third-order valence-corrected chi connectivity index (χ3v) is 1.34. The minimum atomic E-state index is -0.375. The molecule has 0 saturated heterocycles. The van der Waals surface area contributed by atoms with Crippen LogP contribution in [-0.4, -0.2) is 37.4 Å². The molecular weight excluding hydrogens is 146 g/mol. The topological polar surface area (TPSA) is 58.6 Å². The molecule has 0 rings (SSSR count). The molecule has 1 atom stereocenters. The summed E-state index contributed by atoms with van der Waals surface area (Å²) in [7, 11) is 1.66. The van der Waals surface area contributed by atoms with Gasteiger partial charge in [-0.3, -0.25) is 4.79 Å². The molecule has 0 saturated carbocycles. The van der Waals surface area contributed by atoms with Crippen LogP contribution in [-0.2, 0) is 9.53 Å². The maximum absolute atomic E-state index is 11.0. The van der Waals surface area contributed by atoms with E-state index in [-0.39, 0.29) is 18.6 Å². The highest BCUT2D eigenvalue weighted by Gasteiger charge is 2.15. The molecule has 66 valence electrons. The Morgan fingerprint density at radius 2 is 2.36 bits per heavy atom. The number of aliphatic hydroxyl groups excluding tert-OH is 1. The van der Waals surface area contributed by atoms with E-state index in [4.69, 9.17) is 9.84 Å². The molecule has 0 amide bonds. The van der Waals surface area contributed by atoms with Gasteiger partial charge in [0.15, 0.2) is 0 Å². The maximum atomic E-state index is 11.0. The Hall–Kier alpha value is -0.610. The van der Waals surface area contributed by atoms with Crippen LogP contribution in [0.1, 0.15) is 13.3 Å². The number of ether oxygens (including phenoxy) is 1. The number of nitrogens with one attached hydrogen (secondary N) is 1. The van der Waals surface area contributed by atoms with E-state index in [0.29, 0.717) is 13.0 Å². The summed E-state index contributed by atoms with van der Waals surface area (Å²) in [5, 5.41) is 11.3. The molecule has 0 aliphatic rings. The molecule has 4 heteroatoms. The van der Waals surface area contributed by atoms with Crippen LogP contribution in [0.25, 0.3) is 0 Å². The second-order valence-electron chi connectivity index (χ2n) is 2.11. The second kappa shape index (κ2) is 6.12. The molecule has 0 bridgehead atoms. The second-order valence-corrected chi connectivity index (χ2v) is 2.11. The van der Waals surface area contributed by atoms with Crippen molar-refractivity contribution in [2.45, 2.75) is 19.4 Å². The molecule has 0 aromatic carbocycles. The van der Waals surface area contributed by atoms with Gasteiger partial charge in [-0.1, -0.05) is 0 Å². The highest BCUT2D eigenvalue weighted by Crippen LogP contribution is 1.93. The third-order valence-electron chi connectivity index (χ3n) is 1.34. The molecule has 0 fully saturated rings. The maximum Gasteiger partial charge on any atom is 0.323 e. The Bertz CT molecular complexity index is 116. The van der Waals surface area contributed by atoms with Gasteiger partial charge < -0.3 is 15.2 Å². The Kier molecular flexibility index (Phi) is 5.78. The summed E-state index contributed by atoms with van der Waals surface area (Å²) in [5.41, 5.74) is 0. The molecule has 0 radical (unpaired) electrons. The molecular formula is C7H15NO3. The zero-order valence-electron chi connectivity index (χ0n) is 6.96. The number of hydrogen-bond acceptors (Lipinski definition) is 4. The quantitative estimate of drug-likeness (QED) is 0.535. The van der Waals surface area contributed by atoms with Crippen LogP contribution >= 0.6 is 0 Å². The number of likely N-dealkylation sites (N-methyl/N-ethyl adjacent to an activating group) is 1. The van der Waals surface area contributed by atoms with Crippen molar-refractivity contribution in [2.24, 2.45) is 0 Å². The van der Waals surface area contributed by atoms with Gasteiger partial charge in [-0.2, -0.15) is 0 Å². The molecule has 4 nitrogen and oxygen atoms in total. The number of rotatable bonds is 5. The number of hydrogen-bond donors (Lipinski definition) is 2. The largest absolute Gasteiger partial charge is 0.465 e. The van der Waals surface area contributed by atoms with Crippen LogP contribution < -0.4 is 5.32 Å². The molecule has 0 aromatic rings. The summed E-state index contributed by atoms with van der Waals surface area (Å²) in [4.78, 5) is 11.0. The lowest BCUT2D eigenvalue weighted by Crippen LogP contribution is -2.36. The summed E-state index contributed by atoms with van der Waals surface area (Å²) < 4.78 is 4.73. The van der Waals surface area contributed by atoms with Gasteiger partial charge in [0.2, 0.25) is 0 Å². The van der Waals surface area contributed by atoms with E-state index in [1.54, 1.807) is 14.0 Å². The normalized spacial score (nSPS) is 12.6. The van der Waals surface area contributed by atoms with Gasteiger partial charge in [0, 0.05) is 6.61 Å². The Morgan fingerprint density at radius 3 is 2.73 bits per heavy atom. The lowest BCUT2D eigenvalue weighted by Gasteiger charge is -2.12. The van der Waals surface area contributed by atoms with E-state index >= 15 is 0 Å². The monoisotopic (exact) mass is 161 g/mol. The smallest absolute Gasteiger partial charge is 0.323 e. The standard InChI is InChI=1S/C7H15NO3/c1-3-11-7(10)6(8-2)4-5-9/h6,8-9H,3-5H2,1-2H3/t6-/m1/s1. The Labute approximate surface area is 66.5 Å². The van der Waals surface area contributed by atoms with Gasteiger partial charge in [0.25, 0.3) is 0 Å². The predicted octanol–water partition coefficient (Wildman–Crippen LogP) is -0.480. The lowest BCUT2D eigenvalue weighted by molar-refractivity contribution is -0.145. The van der Waals surface area contributed by atoms with Crippen molar-refractivity contribution in [3.05, 3.63) is 0 Å². The first-order valence-electron chi connectivity index (χ1n) is 3.71. The van der Waals surface area contributed by atoms with Crippen LogP contribution in [0, 0.1) is 0 Å². The predicted molar refractivity (Wildman–Crippen MR) is 41.2 cm³/mol. The summed E-state index contributed by atoms with van der Waals surface area (Å²) in [6.07, 6.45) is 0.398. The van der Waals surface area contributed by atoms with Crippen molar-refractivity contribution in [1.29, 1.82) is 0 Å². The van der Waals surface area contributed by atoms with Crippen LogP contribution in [0.2, 0.25) is 0 Å². The van der Waals surface area contributed by atoms with Crippen LogP contribution in [0.15, 0.2) is 0 Å². The summed E-state index contributed by atoms with van der Waals surface area (Å²) in [6, 6.07) is -0.375. The van der Waals surface area contributed by atoms with E-state index in [0.717, 1.165) is 0 Å². The third kappa shape index (κ3) is 3.95. The van der Waals surface area contributed by atoms with Gasteiger partial charge in [0.05, 0.1) is 6.61 Å². The van der Waals surface area contributed by atoms with Crippen LogP contribution in [0.3, 0.4) is 0 Å². The molecule has 0 aliphatic heterocycles. The van der Waals surface area contributed by atoms with Gasteiger partial charge in [0.1, 0.15) is 6.04 Å². The van der Waals surface area contributed by atoms with Gasteiger partial charge in [-0.05, 0) is 20.4 Å². The number of carbonyl (C=O) groups is 1. The summed E-state index contributed by atoms with van der Waals surface area (Å²) in [5.74, 6) is -0.302. The number of aliphatic hydroxyl groups is 1. The fourth-order valence-corrected chi connectivity index (χ4v) is 0.752. The average Bonchev–Trinajstić information content (AvgIpc) is 2.00. The highest BCUT2D eigenvalue weighted by atomic mass is 16.5. The molecule has 11 heavy (non-hydrogen) atoms. The molecule has 2 N–H and O–H groups in total. The fourth-order valence-electron chi connectivity index (χ4n) is 0.752. The summed E-state index contributed by atoms with van der Waals surface area (Å²) >= 11 is 0. The van der Waals surface area contributed by atoms with Crippen molar-refractivity contribution < 1.29 is 14.6 Å². The Morgan fingerprint density at radius 1 is 1.73 bits per heavy atom.